The zero-order valence-electron chi connectivity index (χ0n) is 16.4. The summed E-state index contributed by atoms with van der Waals surface area (Å²) in [4.78, 5) is 20.3. The minimum absolute atomic E-state index is 0.0446. The van der Waals surface area contributed by atoms with Crippen molar-refractivity contribution in [1.29, 1.82) is 5.26 Å². The van der Waals surface area contributed by atoms with Gasteiger partial charge in [0, 0.05) is 6.42 Å². The van der Waals surface area contributed by atoms with E-state index in [-0.39, 0.29) is 17.3 Å². The molecule has 0 unspecified atom stereocenters. The number of anilines is 1. The Labute approximate surface area is 160 Å². The molecule has 1 N–H and O–H groups in total. The third-order valence-electron chi connectivity index (χ3n) is 4.01. The van der Waals surface area contributed by atoms with Crippen LogP contribution in [0.1, 0.15) is 58.1 Å². The van der Waals surface area contributed by atoms with Gasteiger partial charge in [0.15, 0.2) is 0 Å². The second-order valence-electron chi connectivity index (χ2n) is 7.61. The van der Waals surface area contributed by atoms with Crippen molar-refractivity contribution in [2.45, 2.75) is 53.4 Å². The highest BCUT2D eigenvalue weighted by atomic mass is 16.5. The van der Waals surface area contributed by atoms with Gasteiger partial charge in [0.05, 0.1) is 29.7 Å². The lowest BCUT2D eigenvalue weighted by Gasteiger charge is -2.17. The number of ether oxygens (including phenoxy) is 1. The number of rotatable bonds is 7. The number of aromatic nitrogens is 2. The number of nitrogens with zero attached hydrogens (tertiary/aromatic N) is 3. The van der Waals surface area contributed by atoms with Crippen LogP contribution in [0.3, 0.4) is 0 Å². The van der Waals surface area contributed by atoms with Crippen molar-refractivity contribution in [1.82, 2.24) is 9.97 Å². The monoisotopic (exact) mass is 366 g/mol. The molecule has 6 heteroatoms. The first-order valence-electron chi connectivity index (χ1n) is 9.13. The molecule has 0 aliphatic carbocycles. The van der Waals surface area contributed by atoms with Gasteiger partial charge < -0.3 is 10.1 Å². The summed E-state index contributed by atoms with van der Waals surface area (Å²) in [5, 5.41) is 11.8. The van der Waals surface area contributed by atoms with E-state index in [4.69, 9.17) is 10.00 Å². The van der Waals surface area contributed by atoms with Gasteiger partial charge in [-0.05, 0) is 48.4 Å². The molecule has 27 heavy (non-hydrogen) atoms. The number of hydrogen-bond donors (Lipinski definition) is 1. The predicted octanol–water partition coefficient (Wildman–Crippen LogP) is 4.86. The summed E-state index contributed by atoms with van der Waals surface area (Å²) < 4.78 is 5.72. The quantitative estimate of drug-likeness (QED) is 0.756. The van der Waals surface area contributed by atoms with Crippen molar-refractivity contribution in [3.05, 3.63) is 41.7 Å². The Morgan fingerprint density at radius 3 is 2.56 bits per heavy atom. The lowest BCUT2D eigenvalue weighted by atomic mass is 9.90. The smallest absolute Gasteiger partial charge is 0.322 e. The molecular formula is C21H26N4O2. The van der Waals surface area contributed by atoms with Crippen LogP contribution in [0.4, 0.5) is 5.69 Å². The molecule has 0 spiro atoms. The van der Waals surface area contributed by atoms with Crippen LogP contribution >= 0.6 is 0 Å². The lowest BCUT2D eigenvalue weighted by molar-refractivity contribution is -0.116. The van der Waals surface area contributed by atoms with Crippen molar-refractivity contribution in [2.75, 3.05) is 5.32 Å². The molecule has 1 amide bonds. The summed E-state index contributed by atoms with van der Waals surface area (Å²) in [6.45, 7) is 8.47. The van der Waals surface area contributed by atoms with E-state index in [1.54, 1.807) is 18.2 Å². The number of amides is 1. The Balaban J connectivity index is 1.94. The average Bonchev–Trinajstić information content (AvgIpc) is 2.62. The molecule has 1 aromatic heterocycles. The highest BCUT2D eigenvalue weighted by Crippen LogP contribution is 2.25. The Bertz CT molecular complexity index is 818. The third-order valence-corrected chi connectivity index (χ3v) is 4.01. The molecule has 0 saturated heterocycles. The summed E-state index contributed by atoms with van der Waals surface area (Å²) in [6, 6.07) is 7.54. The summed E-state index contributed by atoms with van der Waals surface area (Å²) >= 11 is 0. The van der Waals surface area contributed by atoms with E-state index >= 15 is 0 Å². The van der Waals surface area contributed by atoms with Crippen LogP contribution in [0.5, 0.6) is 11.8 Å². The second-order valence-corrected chi connectivity index (χ2v) is 7.61. The second kappa shape index (κ2) is 9.13. The summed E-state index contributed by atoms with van der Waals surface area (Å²) in [5.74, 6) is 0.576. The van der Waals surface area contributed by atoms with Gasteiger partial charge in [-0.3, -0.25) is 4.79 Å². The largest absolute Gasteiger partial charge is 0.424 e. The minimum atomic E-state index is -0.0446. The van der Waals surface area contributed by atoms with Gasteiger partial charge in [-0.25, -0.2) is 9.97 Å². The first-order chi connectivity index (χ1) is 12.8. The van der Waals surface area contributed by atoms with E-state index in [0.717, 1.165) is 24.8 Å². The summed E-state index contributed by atoms with van der Waals surface area (Å²) in [5.41, 5.74) is 2.27. The van der Waals surface area contributed by atoms with Crippen LogP contribution in [-0.4, -0.2) is 15.9 Å². The van der Waals surface area contributed by atoms with Crippen molar-refractivity contribution in [3.63, 3.8) is 0 Å². The van der Waals surface area contributed by atoms with Crippen LogP contribution < -0.4 is 10.1 Å². The molecule has 0 radical (unpaired) electrons. The SMILES string of the molecule is CCc1cc(C#N)ccc1Oc1ncc(NC(=O)CCCC(C)(C)C)cn1. The van der Waals surface area contributed by atoms with Crippen molar-refractivity contribution in [3.8, 4) is 17.8 Å². The van der Waals surface area contributed by atoms with E-state index in [1.165, 1.54) is 12.4 Å². The Morgan fingerprint density at radius 1 is 1.26 bits per heavy atom. The van der Waals surface area contributed by atoms with Crippen LogP contribution in [0.2, 0.25) is 0 Å². The van der Waals surface area contributed by atoms with E-state index in [0.29, 0.717) is 23.4 Å². The highest BCUT2D eigenvalue weighted by molar-refractivity contribution is 5.90. The lowest BCUT2D eigenvalue weighted by Crippen LogP contribution is -2.13. The van der Waals surface area contributed by atoms with Gasteiger partial charge >= 0.3 is 6.01 Å². The zero-order valence-corrected chi connectivity index (χ0v) is 16.4. The maximum atomic E-state index is 12.0. The van der Waals surface area contributed by atoms with E-state index in [1.807, 2.05) is 6.92 Å². The fourth-order valence-corrected chi connectivity index (χ4v) is 2.56. The van der Waals surface area contributed by atoms with Crippen LogP contribution in [0.25, 0.3) is 0 Å². The average molecular weight is 366 g/mol. The minimum Gasteiger partial charge on any atom is -0.424 e. The van der Waals surface area contributed by atoms with Crippen molar-refractivity contribution < 1.29 is 9.53 Å². The number of aryl methyl sites for hydroxylation is 1. The molecule has 1 aromatic carbocycles. The van der Waals surface area contributed by atoms with Gasteiger partial charge in [0.2, 0.25) is 5.91 Å². The number of hydrogen-bond acceptors (Lipinski definition) is 5. The molecular weight excluding hydrogens is 340 g/mol. The standard InChI is InChI=1S/C21H26N4O2/c1-5-16-11-15(12-22)8-9-18(16)27-20-23-13-17(14-24-20)25-19(26)7-6-10-21(2,3)4/h8-9,11,13-14H,5-7,10H2,1-4H3,(H,25,26). The van der Waals surface area contributed by atoms with Crippen molar-refractivity contribution in [2.24, 2.45) is 5.41 Å². The molecule has 0 saturated carbocycles. The molecule has 6 nitrogen and oxygen atoms in total. The summed E-state index contributed by atoms with van der Waals surface area (Å²) in [6.07, 6.45) is 6.09. The van der Waals surface area contributed by atoms with Crippen LogP contribution in [0.15, 0.2) is 30.6 Å². The van der Waals surface area contributed by atoms with Crippen LogP contribution in [-0.2, 0) is 11.2 Å². The number of benzene rings is 1. The topological polar surface area (TPSA) is 87.9 Å². The highest BCUT2D eigenvalue weighted by Gasteiger charge is 2.12. The number of carbonyl (C=O) groups is 1. The normalized spacial score (nSPS) is 10.9. The van der Waals surface area contributed by atoms with Gasteiger partial charge in [-0.2, -0.15) is 5.26 Å². The van der Waals surface area contributed by atoms with Crippen LogP contribution in [0, 0.1) is 16.7 Å². The Hall–Kier alpha value is -2.94. The fourth-order valence-electron chi connectivity index (χ4n) is 2.56. The Kier molecular flexibility index (Phi) is 6.89. The molecule has 1 heterocycles. The summed E-state index contributed by atoms with van der Waals surface area (Å²) in [7, 11) is 0. The van der Waals surface area contributed by atoms with Crippen molar-refractivity contribution >= 4 is 11.6 Å². The van der Waals surface area contributed by atoms with E-state index in [2.05, 4.69) is 42.1 Å². The molecule has 142 valence electrons. The number of nitrogens with one attached hydrogen (secondary N) is 1. The van der Waals surface area contributed by atoms with E-state index < -0.39 is 0 Å². The molecule has 0 aliphatic rings. The fraction of sp³-hybridized carbons (Fsp3) is 0.429. The zero-order chi connectivity index (χ0) is 19.9. The molecule has 0 bridgehead atoms. The van der Waals surface area contributed by atoms with Gasteiger partial charge in [0.1, 0.15) is 5.75 Å². The maximum absolute atomic E-state index is 12.0. The molecule has 2 aromatic rings. The van der Waals surface area contributed by atoms with E-state index in [9.17, 15) is 4.79 Å². The third kappa shape index (κ3) is 6.70. The maximum Gasteiger partial charge on any atom is 0.322 e. The molecule has 0 aliphatic heterocycles. The van der Waals surface area contributed by atoms with Gasteiger partial charge in [0.25, 0.3) is 0 Å². The number of carbonyl (C=O) groups excluding carboxylic acids is 1. The predicted molar refractivity (Wildman–Crippen MR) is 105 cm³/mol. The Morgan fingerprint density at radius 2 is 1.96 bits per heavy atom. The van der Waals surface area contributed by atoms with Gasteiger partial charge in [-0.1, -0.05) is 27.7 Å². The molecule has 0 atom stereocenters. The first-order valence-corrected chi connectivity index (χ1v) is 9.13. The molecule has 0 fully saturated rings. The van der Waals surface area contributed by atoms with Gasteiger partial charge in [-0.15, -0.1) is 0 Å². The first kappa shape index (κ1) is 20.4. The number of nitriles is 1. The molecule has 2 rings (SSSR count).